The molecule has 0 heterocycles. The zero-order valence-corrected chi connectivity index (χ0v) is 35.3. The van der Waals surface area contributed by atoms with Gasteiger partial charge in [-0.1, -0.05) is 185 Å². The monoisotopic (exact) mass is 695 g/mol. The molecule has 3 nitrogen and oxygen atoms in total. The second-order valence-corrected chi connectivity index (χ2v) is 17.7. The lowest BCUT2D eigenvalue weighted by Gasteiger charge is -2.20. The Bertz CT molecular complexity index is 1500. The summed E-state index contributed by atoms with van der Waals surface area (Å²) in [4.78, 5) is 11.2. The van der Waals surface area contributed by atoms with E-state index >= 15 is 0 Å². The molecule has 0 aliphatic heterocycles. The molecule has 0 unspecified atom stereocenters. The first-order valence-corrected chi connectivity index (χ1v) is 18.5. The molecule has 280 valence electrons. The van der Waals surface area contributed by atoms with Crippen molar-refractivity contribution in [2.24, 2.45) is 0 Å². The molecule has 0 radical (unpaired) electrons. The van der Waals surface area contributed by atoms with E-state index in [2.05, 4.69) is 183 Å². The Labute approximate surface area is 313 Å². The average molecular weight is 695 g/mol. The van der Waals surface area contributed by atoms with Gasteiger partial charge in [0.15, 0.2) is 6.61 Å². The third kappa shape index (κ3) is 17.8. The molecule has 4 aromatic rings. The lowest BCUT2D eigenvalue weighted by Crippen LogP contribution is -2.15. The largest absolute Gasteiger partial charge is 0.482 e. The molecule has 0 saturated carbocycles. The van der Waals surface area contributed by atoms with Gasteiger partial charge in [0.05, 0.1) is 6.61 Å². The van der Waals surface area contributed by atoms with E-state index in [9.17, 15) is 4.79 Å². The summed E-state index contributed by atoms with van der Waals surface area (Å²) in [7, 11) is 0. The summed E-state index contributed by atoms with van der Waals surface area (Å²) in [5.41, 5.74) is 11.5. The molecular formula is C48H70O3. The first-order chi connectivity index (χ1) is 23.3. The van der Waals surface area contributed by atoms with Crippen molar-refractivity contribution in [1.82, 2.24) is 0 Å². The number of hydrogen-bond donors (Lipinski definition) is 0. The predicted octanol–water partition coefficient (Wildman–Crippen LogP) is 13.1. The smallest absolute Gasteiger partial charge is 0.344 e. The molecule has 3 heteroatoms. The quantitative estimate of drug-likeness (QED) is 0.200. The Morgan fingerprint density at radius 2 is 0.824 bits per heavy atom. The van der Waals surface area contributed by atoms with E-state index in [4.69, 9.17) is 9.47 Å². The van der Waals surface area contributed by atoms with Gasteiger partial charge in [-0.25, -0.2) is 4.79 Å². The lowest BCUT2D eigenvalue weighted by molar-refractivity contribution is -0.145. The Kier molecular flexibility index (Phi) is 17.4. The number of carbonyl (C=O) groups excluding carboxylic acids is 1. The van der Waals surface area contributed by atoms with Crippen molar-refractivity contribution in [2.75, 3.05) is 13.2 Å². The maximum Gasteiger partial charge on any atom is 0.344 e. The van der Waals surface area contributed by atoms with Crippen molar-refractivity contribution in [1.29, 1.82) is 0 Å². The summed E-state index contributed by atoms with van der Waals surface area (Å²) in [5.74, 6) is 0.396. The van der Waals surface area contributed by atoms with E-state index in [1.54, 1.807) is 6.92 Å². The van der Waals surface area contributed by atoms with Gasteiger partial charge in [0, 0.05) is 0 Å². The molecule has 0 N–H and O–H groups in total. The standard InChI is InChI=1S/C15H22O3.3C11H16/c1-6-17-14(16)10-18-13-8-7-12(9-11(13)2)15(3,4)5;3*1-9-6-5-7-10(8-9)11(2,3)4/h7-9H,6,10H2,1-5H3;3*5-8H,1-4H3. The Balaban J connectivity index is 0.000000349. The van der Waals surface area contributed by atoms with Gasteiger partial charge < -0.3 is 9.47 Å². The van der Waals surface area contributed by atoms with Crippen LogP contribution in [0.15, 0.2) is 91.0 Å². The van der Waals surface area contributed by atoms with E-state index in [1.165, 1.54) is 38.9 Å². The zero-order valence-electron chi connectivity index (χ0n) is 35.3. The molecule has 4 aromatic carbocycles. The Morgan fingerprint density at radius 1 is 0.490 bits per heavy atom. The fraction of sp³-hybridized carbons (Fsp3) is 0.479. The fourth-order valence-corrected chi connectivity index (χ4v) is 4.95. The molecule has 0 aliphatic carbocycles. The normalized spacial score (nSPS) is 11.5. The highest BCUT2D eigenvalue weighted by Crippen LogP contribution is 2.28. The lowest BCUT2D eigenvalue weighted by atomic mass is 9.86. The number of carbonyl (C=O) groups is 1. The van der Waals surface area contributed by atoms with E-state index in [0.717, 1.165) is 11.3 Å². The van der Waals surface area contributed by atoms with Gasteiger partial charge in [0.2, 0.25) is 0 Å². The number of hydrogen-bond acceptors (Lipinski definition) is 3. The van der Waals surface area contributed by atoms with Crippen molar-refractivity contribution in [3.63, 3.8) is 0 Å². The number of esters is 1. The van der Waals surface area contributed by atoms with E-state index in [-0.39, 0.29) is 34.2 Å². The molecule has 0 aliphatic rings. The average Bonchev–Trinajstić information content (AvgIpc) is 3.00. The second-order valence-electron chi connectivity index (χ2n) is 17.7. The highest BCUT2D eigenvalue weighted by atomic mass is 16.6. The number of benzene rings is 4. The third-order valence-corrected chi connectivity index (χ3v) is 8.34. The van der Waals surface area contributed by atoms with Gasteiger partial charge in [-0.15, -0.1) is 0 Å². The van der Waals surface area contributed by atoms with Gasteiger partial charge in [0.1, 0.15) is 5.75 Å². The summed E-state index contributed by atoms with van der Waals surface area (Å²) in [6, 6.07) is 32.1. The van der Waals surface area contributed by atoms with E-state index in [1.807, 2.05) is 19.1 Å². The van der Waals surface area contributed by atoms with Crippen molar-refractivity contribution in [3.05, 3.63) is 136 Å². The van der Waals surface area contributed by atoms with Crippen LogP contribution in [0.4, 0.5) is 0 Å². The predicted molar refractivity (Wildman–Crippen MR) is 222 cm³/mol. The minimum Gasteiger partial charge on any atom is -0.482 e. The number of ether oxygens (including phenoxy) is 2. The summed E-state index contributed by atoms with van der Waals surface area (Å²) >= 11 is 0. The molecular weight excluding hydrogens is 625 g/mol. The first kappa shape index (κ1) is 45.2. The molecule has 0 atom stereocenters. The van der Waals surface area contributed by atoms with Crippen LogP contribution >= 0.6 is 0 Å². The van der Waals surface area contributed by atoms with Crippen molar-refractivity contribution in [2.45, 2.75) is 139 Å². The minimum atomic E-state index is -0.336. The van der Waals surface area contributed by atoms with Gasteiger partial charge >= 0.3 is 5.97 Å². The molecule has 0 spiro atoms. The molecule has 0 fully saturated rings. The Morgan fingerprint density at radius 3 is 1.08 bits per heavy atom. The van der Waals surface area contributed by atoms with Gasteiger partial charge in [-0.05, 0) is 90.2 Å². The Hall–Kier alpha value is -3.85. The van der Waals surface area contributed by atoms with Crippen LogP contribution in [0.25, 0.3) is 0 Å². The molecule has 0 aromatic heterocycles. The van der Waals surface area contributed by atoms with Crippen LogP contribution in [0.5, 0.6) is 5.75 Å². The van der Waals surface area contributed by atoms with E-state index in [0.29, 0.717) is 6.61 Å². The summed E-state index contributed by atoms with van der Waals surface area (Å²) in [5, 5.41) is 0. The van der Waals surface area contributed by atoms with Gasteiger partial charge in [0.25, 0.3) is 0 Å². The highest BCUT2D eigenvalue weighted by Gasteiger charge is 2.16. The summed E-state index contributed by atoms with van der Waals surface area (Å²) in [6.07, 6.45) is 0. The number of rotatable bonds is 4. The molecule has 0 amide bonds. The van der Waals surface area contributed by atoms with Crippen LogP contribution in [0.1, 0.15) is 135 Å². The van der Waals surface area contributed by atoms with Crippen LogP contribution in [-0.2, 0) is 31.2 Å². The summed E-state index contributed by atoms with van der Waals surface area (Å²) in [6.45, 7) is 37.1. The van der Waals surface area contributed by atoms with Gasteiger partial charge in [-0.3, -0.25) is 0 Å². The maximum absolute atomic E-state index is 11.2. The topological polar surface area (TPSA) is 35.5 Å². The van der Waals surface area contributed by atoms with Crippen LogP contribution in [0.2, 0.25) is 0 Å². The molecule has 51 heavy (non-hydrogen) atoms. The first-order valence-electron chi connectivity index (χ1n) is 18.5. The molecule has 0 bridgehead atoms. The third-order valence-electron chi connectivity index (χ3n) is 8.34. The van der Waals surface area contributed by atoms with Crippen LogP contribution in [-0.4, -0.2) is 19.2 Å². The van der Waals surface area contributed by atoms with Gasteiger partial charge in [-0.2, -0.15) is 0 Å². The van der Waals surface area contributed by atoms with Crippen molar-refractivity contribution >= 4 is 5.97 Å². The van der Waals surface area contributed by atoms with Crippen molar-refractivity contribution in [3.8, 4) is 5.75 Å². The molecule has 0 saturated heterocycles. The second kappa shape index (κ2) is 19.7. The highest BCUT2D eigenvalue weighted by molar-refractivity contribution is 5.71. The zero-order chi connectivity index (χ0) is 39.2. The van der Waals surface area contributed by atoms with Crippen LogP contribution in [0.3, 0.4) is 0 Å². The van der Waals surface area contributed by atoms with Crippen LogP contribution in [0, 0.1) is 27.7 Å². The van der Waals surface area contributed by atoms with Crippen LogP contribution < -0.4 is 4.74 Å². The SMILES string of the molecule is CCOC(=O)COc1ccc(C(C)(C)C)cc1C.Cc1cccc(C(C)(C)C)c1.Cc1cccc(C(C)(C)C)c1.Cc1cccc(C(C)(C)C)c1. The van der Waals surface area contributed by atoms with E-state index < -0.39 is 0 Å². The maximum atomic E-state index is 11.2. The number of aryl methyl sites for hydroxylation is 4. The molecule has 4 rings (SSSR count). The minimum absolute atomic E-state index is 0.0382. The summed E-state index contributed by atoms with van der Waals surface area (Å²) < 4.78 is 10.3. The van der Waals surface area contributed by atoms with Crippen molar-refractivity contribution < 1.29 is 14.3 Å². The fourth-order valence-electron chi connectivity index (χ4n) is 4.95.